The summed E-state index contributed by atoms with van der Waals surface area (Å²) in [4.78, 5) is 0. The molecule has 0 aromatic heterocycles. The second-order valence-electron chi connectivity index (χ2n) is 0.555. The Hall–Kier alpha value is 0.320. The lowest BCUT2D eigenvalue weighted by Crippen LogP contribution is -1.95. The molecule has 0 heterocycles. The van der Waals surface area contributed by atoms with Crippen LogP contribution in [0.15, 0.2) is 0 Å². The summed E-state index contributed by atoms with van der Waals surface area (Å²) in [6, 6.07) is 0. The third kappa shape index (κ3) is 4.17. The smallest absolute Gasteiger partial charge is 0.205 e. The average molecular weight is 147 g/mol. The first kappa shape index (κ1) is 7.32. The van der Waals surface area contributed by atoms with Crippen molar-refractivity contribution in [2.24, 2.45) is 0 Å². The van der Waals surface area contributed by atoms with Gasteiger partial charge in [-0.05, 0) is 0 Å². The van der Waals surface area contributed by atoms with E-state index in [4.69, 9.17) is 16.9 Å². The zero-order valence-corrected chi connectivity index (χ0v) is 4.74. The Morgan fingerprint density at radius 2 is 2.43 bits per heavy atom. The second-order valence-corrected chi connectivity index (χ2v) is 2.17. The van der Waals surface area contributed by atoms with Crippen molar-refractivity contribution in [3.8, 4) is 0 Å². The molecule has 0 saturated heterocycles. The molecule has 6 heteroatoms. The third-order valence-corrected chi connectivity index (χ3v) is 1.12. The van der Waals surface area contributed by atoms with Crippen LogP contribution in [0.1, 0.15) is 0 Å². The topological polar surface area (TPSA) is 55.8 Å². The molecule has 1 N–H and O–H groups in total. The lowest BCUT2D eigenvalue weighted by atomic mass is 11.9. The van der Waals surface area contributed by atoms with E-state index < -0.39 is 11.1 Å². The summed E-state index contributed by atoms with van der Waals surface area (Å²) in [5, 5.41) is 10.2. The van der Waals surface area contributed by atoms with Gasteiger partial charge in [0, 0.05) is 0 Å². The summed E-state index contributed by atoms with van der Waals surface area (Å²) in [7, 11) is 0. The first-order valence-corrected chi connectivity index (χ1v) is 3.02. The SMILES string of the molecule is O=S(CCl)OOO. The molecule has 44 valence electrons. The average Bonchev–Trinajstić information content (AvgIpc) is 1.68. The molecule has 0 aromatic carbocycles. The van der Waals surface area contributed by atoms with Crippen molar-refractivity contribution in [2.45, 2.75) is 0 Å². The van der Waals surface area contributed by atoms with Gasteiger partial charge in [0.25, 0.3) is 0 Å². The number of halogens is 1. The summed E-state index contributed by atoms with van der Waals surface area (Å²) >= 11 is 3.18. The lowest BCUT2D eigenvalue weighted by molar-refractivity contribution is -0.434. The fourth-order valence-corrected chi connectivity index (χ4v) is 0.265. The zero-order chi connectivity index (χ0) is 5.70. The van der Waals surface area contributed by atoms with E-state index in [-0.39, 0.29) is 5.21 Å². The van der Waals surface area contributed by atoms with Gasteiger partial charge in [0.2, 0.25) is 11.1 Å². The Kier molecular flexibility index (Phi) is 4.68. The van der Waals surface area contributed by atoms with E-state index in [1.807, 2.05) is 0 Å². The van der Waals surface area contributed by atoms with Gasteiger partial charge in [-0.15, -0.1) is 15.9 Å². The maximum atomic E-state index is 9.88. The minimum Gasteiger partial charge on any atom is -0.226 e. The van der Waals surface area contributed by atoms with Crippen LogP contribution in [0.25, 0.3) is 0 Å². The molecule has 4 nitrogen and oxygen atoms in total. The highest BCUT2D eigenvalue weighted by Crippen LogP contribution is 1.86. The van der Waals surface area contributed by atoms with Gasteiger partial charge in [-0.2, -0.15) is 0 Å². The molecule has 1 atom stereocenters. The Morgan fingerprint density at radius 1 is 1.86 bits per heavy atom. The van der Waals surface area contributed by atoms with Gasteiger partial charge < -0.3 is 0 Å². The Morgan fingerprint density at radius 3 is 2.57 bits per heavy atom. The molecule has 0 bridgehead atoms. The van der Waals surface area contributed by atoms with E-state index in [1.54, 1.807) is 0 Å². The number of alkyl halides is 1. The fourth-order valence-electron chi connectivity index (χ4n) is 0.0521. The predicted octanol–water partition coefficient (Wildman–Crippen LogP) is 0.268. The van der Waals surface area contributed by atoms with Crippen LogP contribution in [-0.2, 0) is 20.5 Å². The maximum Gasteiger partial charge on any atom is 0.205 e. The summed E-state index contributed by atoms with van der Waals surface area (Å²) in [5.74, 6) is 0. The summed E-state index contributed by atoms with van der Waals surface area (Å²) in [6.45, 7) is 0. The first-order chi connectivity index (χ1) is 3.31. The van der Waals surface area contributed by atoms with Crippen LogP contribution in [0.4, 0.5) is 0 Å². The Bertz CT molecular complexity index is 64.7. The van der Waals surface area contributed by atoms with E-state index in [1.165, 1.54) is 0 Å². The van der Waals surface area contributed by atoms with Crippen LogP contribution >= 0.6 is 11.6 Å². The largest absolute Gasteiger partial charge is 0.226 e. The Labute approximate surface area is 47.5 Å². The van der Waals surface area contributed by atoms with Crippen molar-refractivity contribution < 1.29 is 18.8 Å². The standard InChI is InChI=1S/CH3ClO4S/c2-1-7(4)6-5-3/h3H,1H2. The van der Waals surface area contributed by atoms with Crippen LogP contribution in [0, 0.1) is 0 Å². The van der Waals surface area contributed by atoms with Gasteiger partial charge >= 0.3 is 0 Å². The molecule has 7 heavy (non-hydrogen) atoms. The van der Waals surface area contributed by atoms with Crippen molar-refractivity contribution >= 4 is 22.7 Å². The van der Waals surface area contributed by atoms with Gasteiger partial charge in [0.1, 0.15) is 5.21 Å². The molecule has 0 radical (unpaired) electrons. The third-order valence-electron chi connectivity index (χ3n) is 0.195. The van der Waals surface area contributed by atoms with Crippen molar-refractivity contribution in [3.05, 3.63) is 0 Å². The fraction of sp³-hybridized carbons (Fsp3) is 1.00. The molecule has 0 aliphatic rings. The Balaban J connectivity index is 3.00. The first-order valence-electron chi connectivity index (χ1n) is 1.24. The maximum absolute atomic E-state index is 9.88. The molecule has 0 aliphatic heterocycles. The van der Waals surface area contributed by atoms with Crippen LogP contribution in [-0.4, -0.2) is 14.7 Å². The molecule has 0 aromatic rings. The van der Waals surface area contributed by atoms with Crippen LogP contribution < -0.4 is 0 Å². The van der Waals surface area contributed by atoms with Crippen molar-refractivity contribution in [1.29, 1.82) is 0 Å². The van der Waals surface area contributed by atoms with Crippen LogP contribution in [0.5, 0.6) is 0 Å². The molecular weight excluding hydrogens is 144 g/mol. The second kappa shape index (κ2) is 4.48. The van der Waals surface area contributed by atoms with Crippen molar-refractivity contribution in [3.63, 3.8) is 0 Å². The van der Waals surface area contributed by atoms with Crippen molar-refractivity contribution in [2.75, 3.05) is 5.21 Å². The molecule has 0 aliphatic carbocycles. The quantitative estimate of drug-likeness (QED) is 0.353. The van der Waals surface area contributed by atoms with E-state index in [0.29, 0.717) is 0 Å². The van der Waals surface area contributed by atoms with E-state index in [2.05, 4.69) is 9.37 Å². The number of hydrogen-bond acceptors (Lipinski definition) is 4. The van der Waals surface area contributed by atoms with Gasteiger partial charge in [0.05, 0.1) is 0 Å². The lowest BCUT2D eigenvalue weighted by Gasteiger charge is -1.87. The van der Waals surface area contributed by atoms with E-state index in [9.17, 15) is 4.21 Å². The summed E-state index contributed by atoms with van der Waals surface area (Å²) in [5.41, 5.74) is 0. The van der Waals surface area contributed by atoms with E-state index >= 15 is 0 Å². The van der Waals surface area contributed by atoms with Gasteiger partial charge in [-0.25, -0.2) is 9.47 Å². The zero-order valence-electron chi connectivity index (χ0n) is 3.17. The van der Waals surface area contributed by atoms with Crippen LogP contribution in [0.2, 0.25) is 0 Å². The molecule has 0 amide bonds. The highest BCUT2D eigenvalue weighted by molar-refractivity contribution is 7.81. The highest BCUT2D eigenvalue weighted by atomic mass is 35.5. The van der Waals surface area contributed by atoms with Gasteiger partial charge in [0.15, 0.2) is 0 Å². The van der Waals surface area contributed by atoms with Gasteiger partial charge in [-0.3, -0.25) is 0 Å². The molecule has 0 rings (SSSR count). The monoisotopic (exact) mass is 146 g/mol. The number of hydrogen-bond donors (Lipinski definition) is 1. The van der Waals surface area contributed by atoms with Gasteiger partial charge in [-0.1, -0.05) is 5.04 Å². The van der Waals surface area contributed by atoms with E-state index in [0.717, 1.165) is 0 Å². The highest BCUT2D eigenvalue weighted by Gasteiger charge is 1.93. The molecule has 0 saturated carbocycles. The minimum atomic E-state index is -1.73. The number of rotatable bonds is 3. The molecular formula is CH3ClO4S. The van der Waals surface area contributed by atoms with Crippen LogP contribution in [0.3, 0.4) is 0 Å². The molecule has 0 fully saturated rings. The summed E-state index contributed by atoms with van der Waals surface area (Å²) < 4.78 is 13.5. The molecule has 0 spiro atoms. The normalized spacial score (nSPS) is 14.0. The predicted molar refractivity (Wildman–Crippen MR) is 23.7 cm³/mol. The molecule has 1 unspecified atom stereocenters. The summed E-state index contributed by atoms with van der Waals surface area (Å²) in [6.07, 6.45) is 0. The van der Waals surface area contributed by atoms with Crippen molar-refractivity contribution in [1.82, 2.24) is 0 Å². The minimum absolute atomic E-state index is 0.222.